The number of rotatable bonds is 8. The molecular formula is C24H34N4O2. The maximum atomic E-state index is 12.5. The Morgan fingerprint density at radius 1 is 1.00 bits per heavy atom. The first-order valence-electron chi connectivity index (χ1n) is 10.7. The van der Waals surface area contributed by atoms with Gasteiger partial charge in [0.2, 0.25) is 0 Å². The number of carbonyl (C=O) groups is 1. The highest BCUT2D eigenvalue weighted by molar-refractivity contribution is 5.73. The van der Waals surface area contributed by atoms with Crippen molar-refractivity contribution in [1.82, 2.24) is 15.1 Å². The lowest BCUT2D eigenvalue weighted by atomic mass is 10.1. The van der Waals surface area contributed by atoms with Gasteiger partial charge in [-0.15, -0.1) is 0 Å². The lowest BCUT2D eigenvalue weighted by molar-refractivity contribution is 0.122. The van der Waals surface area contributed by atoms with Gasteiger partial charge in [0.05, 0.1) is 13.2 Å². The molecule has 1 saturated heterocycles. The average Bonchev–Trinajstić information content (AvgIpc) is 2.78. The summed E-state index contributed by atoms with van der Waals surface area (Å²) in [6.45, 7) is 8.61. The van der Waals surface area contributed by atoms with E-state index in [-0.39, 0.29) is 6.03 Å². The molecule has 6 heteroatoms. The van der Waals surface area contributed by atoms with Crippen LogP contribution in [0.25, 0.3) is 0 Å². The van der Waals surface area contributed by atoms with E-state index >= 15 is 0 Å². The highest BCUT2D eigenvalue weighted by atomic mass is 16.5. The van der Waals surface area contributed by atoms with Crippen molar-refractivity contribution >= 4 is 11.7 Å². The van der Waals surface area contributed by atoms with Gasteiger partial charge in [-0.3, -0.25) is 0 Å². The summed E-state index contributed by atoms with van der Waals surface area (Å²) in [7, 11) is 3.94. The summed E-state index contributed by atoms with van der Waals surface area (Å²) in [5.41, 5.74) is 4.71. The highest BCUT2D eigenvalue weighted by Crippen LogP contribution is 2.17. The van der Waals surface area contributed by atoms with Crippen LogP contribution in [0.1, 0.15) is 23.6 Å². The molecule has 0 unspecified atom stereocenters. The second-order valence-corrected chi connectivity index (χ2v) is 7.93. The van der Waals surface area contributed by atoms with Crippen molar-refractivity contribution in [2.75, 3.05) is 51.8 Å². The summed E-state index contributed by atoms with van der Waals surface area (Å²) in [5, 5.41) is 3.03. The molecule has 2 amide bonds. The molecule has 6 nitrogen and oxygen atoms in total. The normalized spacial score (nSPS) is 14.1. The van der Waals surface area contributed by atoms with E-state index in [0.29, 0.717) is 13.1 Å². The summed E-state index contributed by atoms with van der Waals surface area (Å²) in [6, 6.07) is 16.8. The van der Waals surface area contributed by atoms with Crippen molar-refractivity contribution in [1.29, 1.82) is 0 Å². The third-order valence-corrected chi connectivity index (χ3v) is 5.51. The lowest BCUT2D eigenvalue weighted by Gasteiger charge is -2.29. The van der Waals surface area contributed by atoms with Gasteiger partial charge in [-0.2, -0.15) is 0 Å². The first kappa shape index (κ1) is 22.1. The second kappa shape index (κ2) is 11.0. The molecule has 0 aromatic heterocycles. The molecule has 2 aromatic carbocycles. The van der Waals surface area contributed by atoms with Crippen LogP contribution in [0, 0.1) is 0 Å². The first-order valence-corrected chi connectivity index (χ1v) is 10.7. The van der Waals surface area contributed by atoms with Crippen LogP contribution in [-0.4, -0.2) is 62.8 Å². The summed E-state index contributed by atoms with van der Waals surface area (Å²) in [6.07, 6.45) is 0. The largest absolute Gasteiger partial charge is 0.378 e. The van der Waals surface area contributed by atoms with Gasteiger partial charge in [-0.25, -0.2) is 4.79 Å². The van der Waals surface area contributed by atoms with Crippen LogP contribution in [0.15, 0.2) is 48.5 Å². The molecule has 0 aliphatic carbocycles. The Morgan fingerprint density at radius 2 is 1.70 bits per heavy atom. The molecule has 0 radical (unpaired) electrons. The molecule has 2 aromatic rings. The van der Waals surface area contributed by atoms with E-state index in [4.69, 9.17) is 4.74 Å². The Hall–Kier alpha value is -2.57. The van der Waals surface area contributed by atoms with Gasteiger partial charge in [0.25, 0.3) is 0 Å². The standard InChI is InChI=1S/C24H34N4O2/c1-4-26(2)18-22-7-5-6-21(16-22)17-25-24(29)27(3)19-20-8-10-23(11-9-20)28-12-14-30-15-13-28/h5-11,16H,4,12-15,17-19H2,1-3H3,(H,25,29). The van der Waals surface area contributed by atoms with Crippen LogP contribution in [0.2, 0.25) is 0 Å². The fraction of sp³-hybridized carbons (Fsp3) is 0.458. The van der Waals surface area contributed by atoms with E-state index in [1.165, 1.54) is 11.3 Å². The van der Waals surface area contributed by atoms with E-state index in [1.54, 1.807) is 4.90 Å². The minimum atomic E-state index is -0.0664. The number of nitrogens with one attached hydrogen (secondary N) is 1. The summed E-state index contributed by atoms with van der Waals surface area (Å²) >= 11 is 0. The number of amides is 2. The maximum Gasteiger partial charge on any atom is 0.317 e. The summed E-state index contributed by atoms with van der Waals surface area (Å²) in [4.78, 5) is 18.8. The maximum absolute atomic E-state index is 12.5. The Kier molecular flexibility index (Phi) is 8.11. The number of morpholine rings is 1. The molecule has 1 heterocycles. The van der Waals surface area contributed by atoms with Crippen molar-refractivity contribution in [3.8, 4) is 0 Å². The smallest absolute Gasteiger partial charge is 0.317 e. The number of hydrogen-bond donors (Lipinski definition) is 1. The van der Waals surface area contributed by atoms with E-state index < -0.39 is 0 Å². The topological polar surface area (TPSA) is 48.1 Å². The molecule has 0 bridgehead atoms. The average molecular weight is 411 g/mol. The van der Waals surface area contributed by atoms with Gasteiger partial charge >= 0.3 is 6.03 Å². The fourth-order valence-corrected chi connectivity index (χ4v) is 3.55. The Bertz CT molecular complexity index is 803. The third kappa shape index (κ3) is 6.47. The zero-order valence-electron chi connectivity index (χ0n) is 18.4. The number of urea groups is 1. The lowest BCUT2D eigenvalue weighted by Crippen LogP contribution is -2.36. The van der Waals surface area contributed by atoms with Crippen LogP contribution in [0.4, 0.5) is 10.5 Å². The molecule has 30 heavy (non-hydrogen) atoms. The number of nitrogens with zero attached hydrogens (tertiary/aromatic N) is 3. The van der Waals surface area contributed by atoms with E-state index in [9.17, 15) is 4.79 Å². The fourth-order valence-electron chi connectivity index (χ4n) is 3.55. The molecule has 162 valence electrons. The Balaban J connectivity index is 1.48. The van der Waals surface area contributed by atoms with Crippen molar-refractivity contribution in [2.24, 2.45) is 0 Å². The number of carbonyl (C=O) groups excluding carboxylic acids is 1. The molecular weight excluding hydrogens is 376 g/mol. The van der Waals surface area contributed by atoms with Gasteiger partial charge in [-0.1, -0.05) is 43.3 Å². The van der Waals surface area contributed by atoms with Crippen molar-refractivity contribution in [2.45, 2.75) is 26.6 Å². The van der Waals surface area contributed by atoms with E-state index in [2.05, 4.69) is 77.6 Å². The van der Waals surface area contributed by atoms with Crippen LogP contribution in [-0.2, 0) is 24.4 Å². The monoisotopic (exact) mass is 410 g/mol. The number of anilines is 1. The van der Waals surface area contributed by atoms with Gasteiger partial charge in [0, 0.05) is 45.5 Å². The van der Waals surface area contributed by atoms with Gasteiger partial charge in [0.15, 0.2) is 0 Å². The minimum absolute atomic E-state index is 0.0664. The zero-order chi connectivity index (χ0) is 21.3. The van der Waals surface area contributed by atoms with Gasteiger partial charge < -0.3 is 24.8 Å². The quantitative estimate of drug-likeness (QED) is 0.725. The van der Waals surface area contributed by atoms with Gasteiger partial charge in [0.1, 0.15) is 0 Å². The number of benzene rings is 2. The molecule has 1 aliphatic rings. The van der Waals surface area contributed by atoms with Crippen molar-refractivity contribution in [3.63, 3.8) is 0 Å². The van der Waals surface area contributed by atoms with Crippen molar-refractivity contribution < 1.29 is 9.53 Å². The predicted molar refractivity (Wildman–Crippen MR) is 122 cm³/mol. The molecule has 0 atom stereocenters. The third-order valence-electron chi connectivity index (χ3n) is 5.51. The zero-order valence-corrected chi connectivity index (χ0v) is 18.4. The first-order chi connectivity index (χ1) is 14.5. The number of ether oxygens (including phenoxy) is 1. The number of hydrogen-bond acceptors (Lipinski definition) is 4. The SMILES string of the molecule is CCN(C)Cc1cccc(CNC(=O)N(C)Cc2ccc(N3CCOCC3)cc2)c1. The highest BCUT2D eigenvalue weighted by Gasteiger charge is 2.12. The second-order valence-electron chi connectivity index (χ2n) is 7.93. The van der Waals surface area contributed by atoms with Gasteiger partial charge in [-0.05, 0) is 42.4 Å². The van der Waals surface area contributed by atoms with Crippen LogP contribution >= 0.6 is 0 Å². The van der Waals surface area contributed by atoms with E-state index in [0.717, 1.165) is 50.5 Å². The minimum Gasteiger partial charge on any atom is -0.378 e. The molecule has 3 rings (SSSR count). The predicted octanol–water partition coefficient (Wildman–Crippen LogP) is 3.32. The molecule has 1 aliphatic heterocycles. The summed E-state index contributed by atoms with van der Waals surface area (Å²) in [5.74, 6) is 0. The Labute approximate surface area is 180 Å². The van der Waals surface area contributed by atoms with Crippen LogP contribution in [0.3, 0.4) is 0 Å². The van der Waals surface area contributed by atoms with Crippen LogP contribution < -0.4 is 10.2 Å². The summed E-state index contributed by atoms with van der Waals surface area (Å²) < 4.78 is 5.41. The molecule has 1 N–H and O–H groups in total. The Morgan fingerprint density at radius 3 is 2.40 bits per heavy atom. The molecule has 0 saturated carbocycles. The molecule has 1 fully saturated rings. The van der Waals surface area contributed by atoms with Crippen LogP contribution in [0.5, 0.6) is 0 Å². The van der Waals surface area contributed by atoms with E-state index in [1.807, 2.05) is 7.05 Å². The van der Waals surface area contributed by atoms with Crippen molar-refractivity contribution in [3.05, 3.63) is 65.2 Å². The molecule has 0 spiro atoms.